The minimum Gasteiger partial charge on any atom is -0.478 e. The minimum absolute atomic E-state index is 0.209. The number of carbonyl (C=O) groups is 1. The fourth-order valence-electron chi connectivity index (χ4n) is 2.30. The Labute approximate surface area is 125 Å². The molecular weight excluding hydrogens is 301 g/mol. The number of anilines is 1. The molecule has 0 aromatic heterocycles. The van der Waals surface area contributed by atoms with Crippen LogP contribution in [0.4, 0.5) is 18.9 Å². The molecular formula is C14H15F3N2O3. The first kappa shape index (κ1) is 16.3. The van der Waals surface area contributed by atoms with E-state index in [-0.39, 0.29) is 5.69 Å². The number of carboxylic acids is 1. The number of alkyl halides is 3. The van der Waals surface area contributed by atoms with Gasteiger partial charge in [-0.2, -0.15) is 13.2 Å². The van der Waals surface area contributed by atoms with Crippen LogP contribution >= 0.6 is 0 Å². The third-order valence-corrected chi connectivity index (χ3v) is 3.42. The number of ether oxygens (including phenoxy) is 1. The van der Waals surface area contributed by atoms with Gasteiger partial charge in [-0.05, 0) is 13.0 Å². The van der Waals surface area contributed by atoms with E-state index in [9.17, 15) is 18.0 Å². The van der Waals surface area contributed by atoms with Gasteiger partial charge in [0.15, 0.2) is 5.70 Å². The molecule has 2 N–H and O–H groups in total. The molecule has 5 nitrogen and oxygen atoms in total. The summed E-state index contributed by atoms with van der Waals surface area (Å²) in [7, 11) is 1.45. The molecule has 0 radical (unpaired) electrons. The monoisotopic (exact) mass is 316 g/mol. The van der Waals surface area contributed by atoms with Gasteiger partial charge in [0, 0.05) is 19.2 Å². The Kier molecular flexibility index (Phi) is 4.43. The van der Waals surface area contributed by atoms with Crippen LogP contribution in [0.15, 0.2) is 35.5 Å². The van der Waals surface area contributed by atoms with E-state index in [4.69, 9.17) is 9.84 Å². The standard InChI is InChI=1S/C14H15F3N2O3/c1-8(22-2)9-5-3-4-6-11(9)19-12(14(15,16)17)10(7-18-19)13(20)21/h3-6,8,18H,7H2,1-2H3,(H,20,21). The van der Waals surface area contributed by atoms with E-state index in [1.165, 1.54) is 13.2 Å². The number of benzene rings is 1. The summed E-state index contributed by atoms with van der Waals surface area (Å²) in [5, 5.41) is 9.76. The van der Waals surface area contributed by atoms with Crippen molar-refractivity contribution in [1.82, 2.24) is 5.43 Å². The van der Waals surface area contributed by atoms with Crippen molar-refractivity contribution in [2.75, 3.05) is 18.7 Å². The molecule has 1 aromatic rings. The number of allylic oxidation sites excluding steroid dienone is 1. The normalized spacial score (nSPS) is 17.0. The van der Waals surface area contributed by atoms with Crippen molar-refractivity contribution in [3.8, 4) is 0 Å². The summed E-state index contributed by atoms with van der Waals surface area (Å²) in [6.45, 7) is 1.30. The Bertz CT molecular complexity index is 614. The first-order chi connectivity index (χ1) is 10.3. The number of aliphatic carboxylic acids is 1. The molecule has 22 heavy (non-hydrogen) atoms. The zero-order valence-corrected chi connectivity index (χ0v) is 11.9. The molecule has 0 saturated carbocycles. The summed E-state index contributed by atoms with van der Waals surface area (Å²) in [4.78, 5) is 11.1. The highest BCUT2D eigenvalue weighted by Crippen LogP contribution is 2.38. The van der Waals surface area contributed by atoms with Gasteiger partial charge in [-0.1, -0.05) is 18.2 Å². The Hall–Kier alpha value is -2.06. The Morgan fingerprint density at radius 3 is 2.59 bits per heavy atom. The smallest absolute Gasteiger partial charge is 0.433 e. The molecule has 120 valence electrons. The predicted octanol–water partition coefficient (Wildman–Crippen LogP) is 2.62. The summed E-state index contributed by atoms with van der Waals surface area (Å²) < 4.78 is 45.0. The summed E-state index contributed by atoms with van der Waals surface area (Å²) in [5.41, 5.74) is 1.28. The van der Waals surface area contributed by atoms with Gasteiger partial charge >= 0.3 is 12.1 Å². The van der Waals surface area contributed by atoms with Crippen LogP contribution in [0.1, 0.15) is 18.6 Å². The molecule has 0 aliphatic carbocycles. The van der Waals surface area contributed by atoms with Crippen LogP contribution < -0.4 is 10.4 Å². The van der Waals surface area contributed by atoms with Crippen molar-refractivity contribution < 1.29 is 27.8 Å². The predicted molar refractivity (Wildman–Crippen MR) is 73.1 cm³/mol. The number of rotatable bonds is 4. The SMILES string of the molecule is COC(C)c1ccccc1N1NCC(C(=O)O)=C1C(F)(F)F. The molecule has 8 heteroatoms. The van der Waals surface area contributed by atoms with E-state index in [2.05, 4.69) is 5.43 Å². The largest absolute Gasteiger partial charge is 0.478 e. The highest BCUT2D eigenvalue weighted by Gasteiger charge is 2.46. The Morgan fingerprint density at radius 1 is 1.41 bits per heavy atom. The lowest BCUT2D eigenvalue weighted by Gasteiger charge is -2.27. The number of nitrogens with zero attached hydrogens (tertiary/aromatic N) is 1. The fraction of sp³-hybridized carbons (Fsp3) is 0.357. The van der Waals surface area contributed by atoms with Crippen LogP contribution in [0.5, 0.6) is 0 Å². The van der Waals surface area contributed by atoms with Crippen LogP contribution in [0.25, 0.3) is 0 Å². The summed E-state index contributed by atoms with van der Waals surface area (Å²) in [5.74, 6) is -1.60. The second-order valence-electron chi connectivity index (χ2n) is 4.74. The minimum atomic E-state index is -4.79. The molecule has 1 aromatic carbocycles. The Morgan fingerprint density at radius 2 is 2.05 bits per heavy atom. The topological polar surface area (TPSA) is 61.8 Å². The van der Waals surface area contributed by atoms with E-state index in [0.717, 1.165) is 5.01 Å². The molecule has 1 heterocycles. The van der Waals surface area contributed by atoms with Gasteiger partial charge in [0.1, 0.15) is 0 Å². The van der Waals surface area contributed by atoms with Crippen molar-refractivity contribution >= 4 is 11.7 Å². The van der Waals surface area contributed by atoms with Crippen LogP contribution in [0.3, 0.4) is 0 Å². The van der Waals surface area contributed by atoms with Gasteiger partial charge in [-0.25, -0.2) is 10.2 Å². The van der Waals surface area contributed by atoms with Crippen molar-refractivity contribution in [3.05, 3.63) is 41.1 Å². The van der Waals surface area contributed by atoms with Gasteiger partial charge in [-0.15, -0.1) is 0 Å². The molecule has 1 atom stereocenters. The number of hydrogen-bond acceptors (Lipinski definition) is 4. The van der Waals surface area contributed by atoms with E-state index in [1.807, 2.05) is 0 Å². The van der Waals surface area contributed by atoms with Gasteiger partial charge in [0.05, 0.1) is 17.4 Å². The van der Waals surface area contributed by atoms with E-state index >= 15 is 0 Å². The highest BCUT2D eigenvalue weighted by molar-refractivity contribution is 5.90. The molecule has 2 rings (SSSR count). The van der Waals surface area contributed by atoms with E-state index in [0.29, 0.717) is 5.56 Å². The van der Waals surface area contributed by atoms with Gasteiger partial charge in [0.25, 0.3) is 0 Å². The third kappa shape index (κ3) is 2.93. The molecule has 0 bridgehead atoms. The van der Waals surface area contributed by atoms with Crippen molar-refractivity contribution in [3.63, 3.8) is 0 Å². The van der Waals surface area contributed by atoms with Crippen LogP contribution in [-0.2, 0) is 9.53 Å². The number of carboxylic acid groups (broad SMARTS) is 1. The lowest BCUT2D eigenvalue weighted by Crippen LogP contribution is -2.37. The number of hydrogen-bond donors (Lipinski definition) is 2. The molecule has 1 aliphatic rings. The maximum atomic E-state index is 13.3. The zero-order chi connectivity index (χ0) is 16.5. The number of hydrazine groups is 1. The second kappa shape index (κ2) is 5.98. The average molecular weight is 316 g/mol. The molecule has 0 fully saturated rings. The van der Waals surface area contributed by atoms with Crippen molar-refractivity contribution in [1.29, 1.82) is 0 Å². The molecule has 0 spiro atoms. The van der Waals surface area contributed by atoms with E-state index in [1.54, 1.807) is 25.1 Å². The van der Waals surface area contributed by atoms with Crippen molar-refractivity contribution in [2.45, 2.75) is 19.2 Å². The number of para-hydroxylation sites is 1. The lowest BCUT2D eigenvalue weighted by molar-refractivity contribution is -0.133. The van der Waals surface area contributed by atoms with E-state index < -0.39 is 36.1 Å². The zero-order valence-electron chi connectivity index (χ0n) is 11.9. The van der Waals surface area contributed by atoms with Gasteiger partial charge in [-0.3, -0.25) is 5.01 Å². The summed E-state index contributed by atoms with van der Waals surface area (Å²) >= 11 is 0. The van der Waals surface area contributed by atoms with Crippen LogP contribution in [-0.4, -0.2) is 30.9 Å². The van der Waals surface area contributed by atoms with Crippen LogP contribution in [0.2, 0.25) is 0 Å². The number of halogens is 3. The van der Waals surface area contributed by atoms with Crippen molar-refractivity contribution in [2.24, 2.45) is 0 Å². The molecule has 1 unspecified atom stereocenters. The molecule has 0 saturated heterocycles. The Balaban J connectivity index is 2.56. The maximum absolute atomic E-state index is 13.3. The lowest BCUT2D eigenvalue weighted by atomic mass is 10.1. The summed E-state index contributed by atoms with van der Waals surface area (Å²) in [6, 6.07) is 6.38. The first-order valence-electron chi connectivity index (χ1n) is 6.46. The third-order valence-electron chi connectivity index (χ3n) is 3.42. The molecule has 0 amide bonds. The quantitative estimate of drug-likeness (QED) is 0.894. The highest BCUT2D eigenvalue weighted by atomic mass is 19.4. The second-order valence-corrected chi connectivity index (χ2v) is 4.74. The average Bonchev–Trinajstić information content (AvgIpc) is 2.91. The van der Waals surface area contributed by atoms with Crippen LogP contribution in [0, 0.1) is 0 Å². The number of nitrogens with one attached hydrogen (secondary N) is 1. The summed E-state index contributed by atoms with van der Waals surface area (Å²) in [6.07, 6.45) is -5.23. The fourth-order valence-corrected chi connectivity index (χ4v) is 2.30. The molecule has 1 aliphatic heterocycles. The first-order valence-corrected chi connectivity index (χ1v) is 6.46. The maximum Gasteiger partial charge on any atom is 0.433 e. The van der Waals surface area contributed by atoms with Gasteiger partial charge < -0.3 is 9.84 Å². The number of methoxy groups -OCH3 is 1. The van der Waals surface area contributed by atoms with Gasteiger partial charge in [0.2, 0.25) is 0 Å².